The Labute approximate surface area is 155 Å². The number of piperidine rings is 1. The molecule has 2 N–H and O–H groups in total. The van der Waals surface area contributed by atoms with E-state index in [0.717, 1.165) is 55.2 Å². The van der Waals surface area contributed by atoms with Gasteiger partial charge in [0.05, 0.1) is 7.11 Å². The van der Waals surface area contributed by atoms with Crippen LogP contribution in [0.4, 0.5) is 9.80 Å². The first kappa shape index (κ1) is 18.1. The third-order valence-corrected chi connectivity index (χ3v) is 4.82. The SMILES string of the molecule is COc1ccc(CNC(=O)c2nnsc2NC(=O)N2CCCCC2)cc1. The highest BCUT2D eigenvalue weighted by Crippen LogP contribution is 2.19. The highest BCUT2D eigenvalue weighted by atomic mass is 32.1. The van der Waals surface area contributed by atoms with Crippen molar-refractivity contribution in [3.63, 3.8) is 0 Å². The molecule has 1 saturated heterocycles. The molecular weight excluding hydrogens is 354 g/mol. The quantitative estimate of drug-likeness (QED) is 0.837. The van der Waals surface area contributed by atoms with Crippen molar-refractivity contribution in [1.82, 2.24) is 19.8 Å². The number of nitrogens with one attached hydrogen (secondary N) is 2. The number of methoxy groups -OCH3 is 1. The molecule has 0 unspecified atom stereocenters. The Kier molecular flexibility index (Phi) is 6.00. The maximum atomic E-state index is 12.4. The van der Waals surface area contributed by atoms with Crippen LogP contribution in [0.3, 0.4) is 0 Å². The van der Waals surface area contributed by atoms with Crippen LogP contribution in [0, 0.1) is 0 Å². The van der Waals surface area contributed by atoms with Crippen LogP contribution in [0.15, 0.2) is 24.3 Å². The molecule has 0 atom stereocenters. The summed E-state index contributed by atoms with van der Waals surface area (Å²) < 4.78 is 8.91. The van der Waals surface area contributed by atoms with E-state index in [1.807, 2.05) is 24.3 Å². The Balaban J connectivity index is 1.57. The fourth-order valence-corrected chi connectivity index (χ4v) is 3.26. The first-order valence-electron chi connectivity index (χ1n) is 8.47. The molecule has 3 rings (SSSR count). The molecule has 1 aromatic carbocycles. The van der Waals surface area contributed by atoms with Gasteiger partial charge in [0.2, 0.25) is 0 Å². The van der Waals surface area contributed by atoms with E-state index in [1.165, 1.54) is 0 Å². The van der Waals surface area contributed by atoms with Gasteiger partial charge in [0.15, 0.2) is 10.7 Å². The lowest BCUT2D eigenvalue weighted by molar-refractivity contribution is 0.0946. The first-order chi connectivity index (χ1) is 12.7. The van der Waals surface area contributed by atoms with Gasteiger partial charge in [0.25, 0.3) is 5.91 Å². The van der Waals surface area contributed by atoms with Crippen LogP contribution in [0.25, 0.3) is 0 Å². The third kappa shape index (κ3) is 4.48. The van der Waals surface area contributed by atoms with Gasteiger partial charge in [-0.25, -0.2) is 4.79 Å². The Morgan fingerprint density at radius 2 is 1.92 bits per heavy atom. The molecule has 26 heavy (non-hydrogen) atoms. The number of urea groups is 1. The van der Waals surface area contributed by atoms with Crippen LogP contribution in [0.5, 0.6) is 5.75 Å². The molecule has 1 aliphatic rings. The van der Waals surface area contributed by atoms with E-state index in [9.17, 15) is 9.59 Å². The van der Waals surface area contributed by atoms with Gasteiger partial charge in [-0.2, -0.15) is 0 Å². The topological polar surface area (TPSA) is 96.5 Å². The highest BCUT2D eigenvalue weighted by molar-refractivity contribution is 7.10. The average molecular weight is 375 g/mol. The third-order valence-electron chi connectivity index (χ3n) is 4.18. The van der Waals surface area contributed by atoms with Crippen LogP contribution in [0.1, 0.15) is 35.3 Å². The average Bonchev–Trinajstić information content (AvgIpc) is 3.15. The van der Waals surface area contributed by atoms with E-state index >= 15 is 0 Å². The number of nitrogens with zero attached hydrogens (tertiary/aromatic N) is 3. The van der Waals surface area contributed by atoms with E-state index in [2.05, 4.69) is 20.2 Å². The smallest absolute Gasteiger partial charge is 0.322 e. The molecule has 0 aliphatic carbocycles. The maximum Gasteiger partial charge on any atom is 0.322 e. The number of amides is 3. The molecule has 0 bridgehead atoms. The molecule has 2 heterocycles. The van der Waals surface area contributed by atoms with E-state index < -0.39 is 0 Å². The summed E-state index contributed by atoms with van der Waals surface area (Å²) in [4.78, 5) is 26.4. The lowest BCUT2D eigenvalue weighted by atomic mass is 10.1. The van der Waals surface area contributed by atoms with Crippen molar-refractivity contribution in [2.75, 3.05) is 25.5 Å². The number of hydrogen-bond acceptors (Lipinski definition) is 6. The lowest BCUT2D eigenvalue weighted by Gasteiger charge is -2.26. The van der Waals surface area contributed by atoms with Gasteiger partial charge >= 0.3 is 6.03 Å². The molecule has 2 aromatic rings. The van der Waals surface area contributed by atoms with Crippen LogP contribution >= 0.6 is 11.5 Å². The fraction of sp³-hybridized carbons (Fsp3) is 0.412. The Hall–Kier alpha value is -2.68. The summed E-state index contributed by atoms with van der Waals surface area (Å²) >= 11 is 1.000. The van der Waals surface area contributed by atoms with Gasteiger partial charge in [-0.15, -0.1) is 5.10 Å². The van der Waals surface area contributed by atoms with Crippen LogP contribution in [-0.4, -0.2) is 46.6 Å². The van der Waals surface area contributed by atoms with Crippen molar-refractivity contribution < 1.29 is 14.3 Å². The van der Waals surface area contributed by atoms with Gasteiger partial charge in [0, 0.05) is 31.2 Å². The lowest BCUT2D eigenvalue weighted by Crippen LogP contribution is -2.39. The molecular formula is C17H21N5O3S. The van der Waals surface area contributed by atoms with Gasteiger partial charge in [-0.05, 0) is 37.0 Å². The van der Waals surface area contributed by atoms with E-state index in [1.54, 1.807) is 12.0 Å². The Bertz CT molecular complexity index is 756. The zero-order chi connectivity index (χ0) is 18.4. The van der Waals surface area contributed by atoms with Gasteiger partial charge in [0.1, 0.15) is 5.75 Å². The van der Waals surface area contributed by atoms with Crippen LogP contribution in [-0.2, 0) is 6.54 Å². The minimum atomic E-state index is -0.372. The molecule has 1 aromatic heterocycles. The van der Waals surface area contributed by atoms with Crippen molar-refractivity contribution in [2.45, 2.75) is 25.8 Å². The Morgan fingerprint density at radius 3 is 2.62 bits per heavy atom. The van der Waals surface area contributed by atoms with Gasteiger partial charge < -0.3 is 15.0 Å². The molecule has 8 nitrogen and oxygen atoms in total. The zero-order valence-corrected chi connectivity index (χ0v) is 15.3. The summed E-state index contributed by atoms with van der Waals surface area (Å²) in [5.74, 6) is 0.384. The summed E-state index contributed by atoms with van der Waals surface area (Å²) in [6, 6.07) is 7.20. The predicted octanol–water partition coefficient (Wildman–Crippen LogP) is 2.49. The number of anilines is 1. The number of rotatable bonds is 5. The van der Waals surface area contributed by atoms with E-state index in [-0.39, 0.29) is 17.6 Å². The second-order valence-corrected chi connectivity index (χ2v) is 6.71. The fourth-order valence-electron chi connectivity index (χ4n) is 2.70. The van der Waals surface area contributed by atoms with E-state index in [4.69, 9.17) is 4.74 Å². The van der Waals surface area contributed by atoms with E-state index in [0.29, 0.717) is 11.5 Å². The van der Waals surface area contributed by atoms with Crippen molar-refractivity contribution >= 4 is 28.5 Å². The Morgan fingerprint density at radius 1 is 1.19 bits per heavy atom. The number of benzene rings is 1. The molecule has 1 fully saturated rings. The summed E-state index contributed by atoms with van der Waals surface area (Å²) in [5.41, 5.74) is 1.06. The zero-order valence-electron chi connectivity index (χ0n) is 14.5. The van der Waals surface area contributed by atoms with Crippen molar-refractivity contribution in [3.05, 3.63) is 35.5 Å². The summed E-state index contributed by atoms with van der Waals surface area (Å²) in [5, 5.41) is 9.77. The van der Waals surface area contributed by atoms with Crippen LogP contribution in [0.2, 0.25) is 0 Å². The predicted molar refractivity (Wildman–Crippen MR) is 98.5 cm³/mol. The maximum absolute atomic E-state index is 12.4. The largest absolute Gasteiger partial charge is 0.497 e. The van der Waals surface area contributed by atoms with Crippen molar-refractivity contribution in [3.8, 4) is 5.75 Å². The van der Waals surface area contributed by atoms with Crippen molar-refractivity contribution in [1.29, 1.82) is 0 Å². The standard InChI is InChI=1S/C17H21N5O3S/c1-25-13-7-5-12(6-8-13)11-18-15(23)14-16(26-21-20-14)19-17(24)22-9-3-2-4-10-22/h5-8H,2-4,9-11H2,1H3,(H,18,23)(H,19,24). The first-order valence-corrected chi connectivity index (χ1v) is 9.24. The number of carbonyl (C=O) groups is 2. The second-order valence-electron chi connectivity index (χ2n) is 5.96. The van der Waals surface area contributed by atoms with Crippen LogP contribution < -0.4 is 15.4 Å². The molecule has 3 amide bonds. The minimum absolute atomic E-state index is 0.133. The molecule has 9 heteroatoms. The summed E-state index contributed by atoms with van der Waals surface area (Å²) in [6.07, 6.45) is 3.15. The normalized spacial score (nSPS) is 14.0. The molecule has 0 saturated carbocycles. The number of ether oxygens (including phenoxy) is 1. The molecule has 0 radical (unpaired) electrons. The van der Waals surface area contributed by atoms with Crippen molar-refractivity contribution in [2.24, 2.45) is 0 Å². The summed E-state index contributed by atoms with van der Waals surface area (Å²) in [7, 11) is 1.60. The number of carbonyl (C=O) groups excluding carboxylic acids is 2. The number of hydrogen-bond donors (Lipinski definition) is 2. The summed E-state index contributed by atoms with van der Waals surface area (Å²) in [6.45, 7) is 1.81. The number of likely N-dealkylation sites (tertiary alicyclic amines) is 1. The molecule has 1 aliphatic heterocycles. The molecule has 138 valence electrons. The molecule has 0 spiro atoms. The minimum Gasteiger partial charge on any atom is -0.497 e. The second kappa shape index (κ2) is 8.61. The number of aromatic nitrogens is 2. The monoisotopic (exact) mass is 375 g/mol. The van der Waals surface area contributed by atoms with Gasteiger partial charge in [-0.3, -0.25) is 10.1 Å². The highest BCUT2D eigenvalue weighted by Gasteiger charge is 2.22. The van der Waals surface area contributed by atoms with Gasteiger partial charge in [-0.1, -0.05) is 16.6 Å².